The Morgan fingerprint density at radius 1 is 1.16 bits per heavy atom. The Morgan fingerprint density at radius 3 is 2.47 bits per heavy atom. The van der Waals surface area contributed by atoms with Gasteiger partial charge in [-0.25, -0.2) is 0 Å². The molecule has 0 unspecified atom stereocenters. The first-order valence-corrected chi connectivity index (χ1v) is 6.40. The molecule has 2 rings (SSSR count). The normalized spacial score (nSPS) is 10.2. The van der Waals surface area contributed by atoms with Crippen molar-refractivity contribution in [3.63, 3.8) is 0 Å². The number of aromatic nitrogens is 1. The molecule has 0 saturated heterocycles. The molecular weight excluding hydrogens is 238 g/mol. The highest BCUT2D eigenvalue weighted by Gasteiger charge is 2.03. The highest BCUT2D eigenvalue weighted by molar-refractivity contribution is 5.77. The molecule has 2 aromatic rings. The molecule has 1 aromatic heterocycles. The average Bonchev–Trinajstić information content (AvgIpc) is 2.45. The number of benzene rings is 1. The van der Waals surface area contributed by atoms with Crippen molar-refractivity contribution in [1.82, 2.24) is 4.98 Å². The summed E-state index contributed by atoms with van der Waals surface area (Å²) in [6.07, 6.45) is 1.82. The summed E-state index contributed by atoms with van der Waals surface area (Å²) in [6, 6.07) is 11.5. The van der Waals surface area contributed by atoms with Crippen LogP contribution in [0.3, 0.4) is 0 Å². The van der Waals surface area contributed by atoms with Crippen LogP contribution in [-0.2, 0) is 0 Å². The molecule has 0 atom stereocenters. The van der Waals surface area contributed by atoms with Gasteiger partial charge in [-0.15, -0.1) is 0 Å². The van der Waals surface area contributed by atoms with Crippen molar-refractivity contribution in [2.24, 2.45) is 0 Å². The number of carbonyl (C=O) groups is 1. The number of hydrogen-bond donors (Lipinski definition) is 0. The molecule has 0 N–H and O–H groups in total. The summed E-state index contributed by atoms with van der Waals surface area (Å²) in [5.41, 5.74) is 3.26. The first kappa shape index (κ1) is 13.3. The highest BCUT2D eigenvalue weighted by atomic mass is 16.5. The fourth-order valence-electron chi connectivity index (χ4n) is 1.80. The Morgan fingerprint density at radius 2 is 1.89 bits per heavy atom. The second-order valence-electron chi connectivity index (χ2n) is 4.36. The van der Waals surface area contributed by atoms with Crippen LogP contribution < -0.4 is 4.74 Å². The minimum atomic E-state index is 0.631. The fourth-order valence-corrected chi connectivity index (χ4v) is 1.80. The fraction of sp³-hybridized carbons (Fsp3) is 0.250. The molecule has 0 aliphatic carbocycles. The maximum atomic E-state index is 10.8. The van der Waals surface area contributed by atoms with Gasteiger partial charge in [-0.3, -0.25) is 9.78 Å². The highest BCUT2D eigenvalue weighted by Crippen LogP contribution is 2.21. The van der Waals surface area contributed by atoms with Gasteiger partial charge in [-0.2, -0.15) is 0 Å². The Hall–Kier alpha value is -2.16. The van der Waals surface area contributed by atoms with Gasteiger partial charge in [0.25, 0.3) is 0 Å². The van der Waals surface area contributed by atoms with E-state index in [1.165, 1.54) is 0 Å². The zero-order chi connectivity index (χ0) is 13.7. The minimum absolute atomic E-state index is 0.631. The van der Waals surface area contributed by atoms with Crippen LogP contribution in [-0.4, -0.2) is 17.9 Å². The number of rotatable bonds is 5. The number of nitrogens with zero attached hydrogens (tertiary/aromatic N) is 1. The maximum Gasteiger partial charge on any atom is 0.151 e. The van der Waals surface area contributed by atoms with E-state index in [1.807, 2.05) is 37.3 Å². The molecule has 98 valence electrons. The predicted octanol–water partition coefficient (Wildman–Crippen LogP) is 3.66. The van der Waals surface area contributed by atoms with Crippen LogP contribution in [0.15, 0.2) is 36.4 Å². The molecule has 3 nitrogen and oxygen atoms in total. The van der Waals surface area contributed by atoms with Crippen LogP contribution in [0.1, 0.15) is 29.4 Å². The molecule has 0 amide bonds. The summed E-state index contributed by atoms with van der Waals surface area (Å²) in [5, 5.41) is 0. The predicted molar refractivity (Wildman–Crippen MR) is 75.6 cm³/mol. The molecule has 3 heteroatoms. The van der Waals surface area contributed by atoms with Crippen LogP contribution in [0.2, 0.25) is 0 Å². The molecule has 19 heavy (non-hydrogen) atoms. The minimum Gasteiger partial charge on any atom is -0.494 e. The van der Waals surface area contributed by atoms with Gasteiger partial charge >= 0.3 is 0 Å². The van der Waals surface area contributed by atoms with E-state index < -0.39 is 0 Å². The molecule has 0 radical (unpaired) electrons. The van der Waals surface area contributed by atoms with Gasteiger partial charge in [-0.05, 0) is 49.7 Å². The molecule has 0 fully saturated rings. The molecule has 1 aromatic carbocycles. The van der Waals surface area contributed by atoms with Crippen LogP contribution >= 0.6 is 0 Å². The molecule has 0 aliphatic heterocycles. The third-order valence-electron chi connectivity index (χ3n) is 2.88. The zero-order valence-corrected chi connectivity index (χ0v) is 11.2. The monoisotopic (exact) mass is 255 g/mol. The number of pyridine rings is 1. The van der Waals surface area contributed by atoms with Crippen molar-refractivity contribution in [2.45, 2.75) is 20.3 Å². The van der Waals surface area contributed by atoms with Gasteiger partial charge in [0.2, 0.25) is 0 Å². The number of aryl methyl sites for hydroxylation is 1. The Labute approximate surface area is 113 Å². The second-order valence-corrected chi connectivity index (χ2v) is 4.36. The van der Waals surface area contributed by atoms with Gasteiger partial charge in [0.1, 0.15) is 5.75 Å². The lowest BCUT2D eigenvalue weighted by molar-refractivity contribution is 0.112. The molecular formula is C16H17NO2. The van der Waals surface area contributed by atoms with E-state index in [-0.39, 0.29) is 0 Å². The van der Waals surface area contributed by atoms with Crippen molar-refractivity contribution >= 4 is 6.29 Å². The van der Waals surface area contributed by atoms with Crippen LogP contribution in [0, 0.1) is 6.92 Å². The quantitative estimate of drug-likeness (QED) is 0.765. The van der Waals surface area contributed by atoms with Gasteiger partial charge < -0.3 is 4.74 Å². The van der Waals surface area contributed by atoms with Gasteiger partial charge in [-0.1, -0.05) is 6.92 Å². The molecule has 1 heterocycles. The standard InChI is InChI=1S/C16H17NO2/c1-3-10-19-15-7-4-13(5-8-15)16-9-6-14(11-18)12(2)17-16/h4-9,11H,3,10H2,1-2H3. The van der Waals surface area contributed by atoms with Crippen LogP contribution in [0.4, 0.5) is 0 Å². The van der Waals surface area contributed by atoms with Crippen molar-refractivity contribution in [2.75, 3.05) is 6.61 Å². The van der Waals surface area contributed by atoms with Crippen LogP contribution in [0.5, 0.6) is 5.75 Å². The lowest BCUT2D eigenvalue weighted by Crippen LogP contribution is -1.95. The van der Waals surface area contributed by atoms with E-state index in [4.69, 9.17) is 4.74 Å². The van der Waals surface area contributed by atoms with Crippen LogP contribution in [0.25, 0.3) is 11.3 Å². The van der Waals surface area contributed by atoms with Gasteiger partial charge in [0.15, 0.2) is 6.29 Å². The molecule has 0 aliphatic rings. The second kappa shape index (κ2) is 6.14. The first-order chi connectivity index (χ1) is 9.24. The Bertz CT molecular complexity index is 561. The summed E-state index contributed by atoms with van der Waals surface area (Å²) in [7, 11) is 0. The van der Waals surface area contributed by atoms with E-state index in [2.05, 4.69) is 11.9 Å². The Balaban J connectivity index is 2.22. The third-order valence-corrected chi connectivity index (χ3v) is 2.88. The van der Waals surface area contributed by atoms with Crippen molar-refractivity contribution in [1.29, 1.82) is 0 Å². The summed E-state index contributed by atoms with van der Waals surface area (Å²) >= 11 is 0. The van der Waals surface area contributed by atoms with Crippen molar-refractivity contribution in [3.05, 3.63) is 47.7 Å². The summed E-state index contributed by atoms with van der Waals surface area (Å²) < 4.78 is 5.54. The Kier molecular flexibility index (Phi) is 4.29. The third kappa shape index (κ3) is 3.19. The lowest BCUT2D eigenvalue weighted by atomic mass is 10.1. The van der Waals surface area contributed by atoms with E-state index in [0.29, 0.717) is 5.56 Å². The smallest absolute Gasteiger partial charge is 0.151 e. The lowest BCUT2D eigenvalue weighted by Gasteiger charge is -2.07. The number of aldehydes is 1. The SMILES string of the molecule is CCCOc1ccc(-c2ccc(C=O)c(C)n2)cc1. The molecule has 0 saturated carbocycles. The van der Waals surface area contributed by atoms with Crippen molar-refractivity contribution < 1.29 is 9.53 Å². The van der Waals surface area contributed by atoms with E-state index in [0.717, 1.165) is 42.0 Å². The van der Waals surface area contributed by atoms with Gasteiger partial charge in [0, 0.05) is 16.8 Å². The average molecular weight is 255 g/mol. The van der Waals surface area contributed by atoms with Crippen molar-refractivity contribution in [3.8, 4) is 17.0 Å². The van der Waals surface area contributed by atoms with Gasteiger partial charge in [0.05, 0.1) is 12.3 Å². The maximum absolute atomic E-state index is 10.8. The summed E-state index contributed by atoms with van der Waals surface area (Å²) in [5.74, 6) is 0.867. The van der Waals surface area contributed by atoms with E-state index in [9.17, 15) is 4.79 Å². The van der Waals surface area contributed by atoms with E-state index >= 15 is 0 Å². The first-order valence-electron chi connectivity index (χ1n) is 6.40. The topological polar surface area (TPSA) is 39.2 Å². The number of ether oxygens (including phenoxy) is 1. The largest absolute Gasteiger partial charge is 0.494 e. The molecule has 0 bridgehead atoms. The molecule has 0 spiro atoms. The zero-order valence-electron chi connectivity index (χ0n) is 11.2. The summed E-state index contributed by atoms with van der Waals surface area (Å²) in [6.45, 7) is 4.65. The number of hydrogen-bond acceptors (Lipinski definition) is 3. The van der Waals surface area contributed by atoms with E-state index in [1.54, 1.807) is 6.07 Å². The summed E-state index contributed by atoms with van der Waals surface area (Å²) in [4.78, 5) is 15.2. The number of carbonyl (C=O) groups excluding carboxylic acids is 1.